The van der Waals surface area contributed by atoms with Crippen molar-refractivity contribution < 1.29 is 14.0 Å². The van der Waals surface area contributed by atoms with E-state index in [4.69, 9.17) is 4.42 Å². The van der Waals surface area contributed by atoms with Gasteiger partial charge >= 0.3 is 0 Å². The minimum Gasteiger partial charge on any atom is -0.448 e. The molecule has 0 unspecified atom stereocenters. The summed E-state index contributed by atoms with van der Waals surface area (Å²) < 4.78 is 5.16. The zero-order valence-electron chi connectivity index (χ0n) is 12.6. The maximum atomic E-state index is 12.2. The number of oxazole rings is 1. The number of hydrogen-bond donors (Lipinski definition) is 2. The fourth-order valence-electron chi connectivity index (χ4n) is 2.33. The number of rotatable bonds is 4. The van der Waals surface area contributed by atoms with Crippen LogP contribution in [0.1, 0.15) is 41.6 Å². The zero-order valence-corrected chi connectivity index (χ0v) is 12.6. The SMILES string of the molecule is CCc1ocnc1C(=O)Nc1ccc(C2=NNC(=O)CC2)cc1. The summed E-state index contributed by atoms with van der Waals surface area (Å²) in [6.45, 7) is 1.90. The molecule has 7 heteroatoms. The fraction of sp³-hybridized carbons (Fsp3) is 0.250. The molecular weight excluding hydrogens is 296 g/mol. The van der Waals surface area contributed by atoms with Crippen LogP contribution in [0.3, 0.4) is 0 Å². The molecule has 3 rings (SSSR count). The molecule has 7 nitrogen and oxygen atoms in total. The van der Waals surface area contributed by atoms with Crippen molar-refractivity contribution in [2.75, 3.05) is 5.32 Å². The molecule has 23 heavy (non-hydrogen) atoms. The van der Waals surface area contributed by atoms with E-state index in [2.05, 4.69) is 20.8 Å². The van der Waals surface area contributed by atoms with Gasteiger partial charge in [-0.1, -0.05) is 19.1 Å². The summed E-state index contributed by atoms with van der Waals surface area (Å²) in [6.07, 6.45) is 2.92. The van der Waals surface area contributed by atoms with Crippen LogP contribution in [-0.2, 0) is 11.2 Å². The van der Waals surface area contributed by atoms with Gasteiger partial charge < -0.3 is 9.73 Å². The molecule has 1 aliphatic rings. The van der Waals surface area contributed by atoms with Crippen LogP contribution < -0.4 is 10.7 Å². The molecule has 0 radical (unpaired) electrons. The predicted octanol–water partition coefficient (Wildman–Crippen LogP) is 2.10. The highest BCUT2D eigenvalue weighted by atomic mass is 16.3. The standard InChI is InChI=1S/C16H16N4O3/c1-2-13-15(17-9-23-13)16(22)18-11-5-3-10(4-6-11)12-7-8-14(21)20-19-12/h3-6,9H,2,7-8H2,1H3,(H,18,22)(H,20,21). The number of aryl methyl sites for hydroxylation is 1. The lowest BCUT2D eigenvalue weighted by Crippen LogP contribution is -2.25. The minimum atomic E-state index is -0.300. The summed E-state index contributed by atoms with van der Waals surface area (Å²) in [4.78, 5) is 27.2. The largest absolute Gasteiger partial charge is 0.448 e. The smallest absolute Gasteiger partial charge is 0.277 e. The Balaban J connectivity index is 1.70. The van der Waals surface area contributed by atoms with Gasteiger partial charge in [0.25, 0.3) is 5.91 Å². The average Bonchev–Trinajstić information content (AvgIpc) is 3.05. The van der Waals surface area contributed by atoms with Gasteiger partial charge in [0.2, 0.25) is 5.91 Å². The second-order valence-electron chi connectivity index (χ2n) is 5.10. The molecule has 0 atom stereocenters. The van der Waals surface area contributed by atoms with Gasteiger partial charge in [-0.3, -0.25) is 9.59 Å². The molecule has 2 N–H and O–H groups in total. The molecule has 1 aromatic heterocycles. The highest BCUT2D eigenvalue weighted by molar-refractivity contribution is 6.05. The van der Waals surface area contributed by atoms with Gasteiger partial charge in [-0.2, -0.15) is 5.10 Å². The normalized spacial score (nSPS) is 14.1. The minimum absolute atomic E-state index is 0.0722. The summed E-state index contributed by atoms with van der Waals surface area (Å²) in [5.74, 6) is 0.189. The van der Waals surface area contributed by atoms with Gasteiger partial charge in [-0.05, 0) is 17.7 Å². The van der Waals surface area contributed by atoms with Crippen LogP contribution in [0.4, 0.5) is 5.69 Å². The summed E-state index contributed by atoms with van der Waals surface area (Å²) >= 11 is 0. The van der Waals surface area contributed by atoms with Gasteiger partial charge in [0.05, 0.1) is 5.71 Å². The van der Waals surface area contributed by atoms with E-state index >= 15 is 0 Å². The lowest BCUT2D eigenvalue weighted by molar-refractivity contribution is -0.121. The molecule has 1 aliphatic heterocycles. The lowest BCUT2D eigenvalue weighted by Gasteiger charge is -2.12. The average molecular weight is 312 g/mol. The van der Waals surface area contributed by atoms with E-state index in [1.54, 1.807) is 12.1 Å². The van der Waals surface area contributed by atoms with Gasteiger partial charge in [-0.25, -0.2) is 10.4 Å². The molecule has 0 aliphatic carbocycles. The summed E-state index contributed by atoms with van der Waals surface area (Å²) in [5.41, 5.74) is 5.17. The third-order valence-electron chi connectivity index (χ3n) is 3.56. The molecule has 0 spiro atoms. The van der Waals surface area contributed by atoms with Crippen LogP contribution in [0, 0.1) is 0 Å². The van der Waals surface area contributed by atoms with E-state index in [1.807, 2.05) is 19.1 Å². The highest BCUT2D eigenvalue weighted by Crippen LogP contribution is 2.16. The van der Waals surface area contributed by atoms with Crippen molar-refractivity contribution in [3.05, 3.63) is 47.7 Å². The first-order valence-electron chi connectivity index (χ1n) is 7.37. The Kier molecular flexibility index (Phi) is 4.18. The molecule has 0 bridgehead atoms. The number of anilines is 1. The number of aromatic nitrogens is 1. The molecule has 2 heterocycles. The van der Waals surface area contributed by atoms with Gasteiger partial charge in [-0.15, -0.1) is 0 Å². The summed E-state index contributed by atoms with van der Waals surface area (Å²) in [5, 5.41) is 6.83. The van der Waals surface area contributed by atoms with Crippen molar-refractivity contribution in [1.82, 2.24) is 10.4 Å². The molecule has 118 valence electrons. The predicted molar refractivity (Wildman–Crippen MR) is 84.2 cm³/mol. The second-order valence-corrected chi connectivity index (χ2v) is 5.10. The van der Waals surface area contributed by atoms with Crippen molar-refractivity contribution in [2.24, 2.45) is 5.10 Å². The number of carbonyl (C=O) groups is 2. The van der Waals surface area contributed by atoms with Gasteiger partial charge in [0, 0.05) is 24.9 Å². The monoisotopic (exact) mass is 312 g/mol. The molecule has 2 aromatic rings. The van der Waals surface area contributed by atoms with Crippen molar-refractivity contribution in [1.29, 1.82) is 0 Å². The summed E-state index contributed by atoms with van der Waals surface area (Å²) in [6, 6.07) is 7.29. The Morgan fingerprint density at radius 2 is 2.09 bits per heavy atom. The van der Waals surface area contributed by atoms with Crippen LogP contribution in [0.2, 0.25) is 0 Å². The number of amides is 2. The Bertz CT molecular complexity index is 762. The first kappa shape index (κ1) is 15.0. The maximum Gasteiger partial charge on any atom is 0.277 e. The van der Waals surface area contributed by atoms with E-state index in [-0.39, 0.29) is 11.8 Å². The zero-order chi connectivity index (χ0) is 16.2. The number of nitrogens with one attached hydrogen (secondary N) is 2. The number of nitrogens with zero attached hydrogens (tertiary/aromatic N) is 2. The van der Waals surface area contributed by atoms with E-state index in [9.17, 15) is 9.59 Å². The van der Waals surface area contributed by atoms with E-state index < -0.39 is 0 Å². The maximum absolute atomic E-state index is 12.2. The van der Waals surface area contributed by atoms with Crippen LogP contribution in [0.5, 0.6) is 0 Å². The highest BCUT2D eigenvalue weighted by Gasteiger charge is 2.16. The van der Waals surface area contributed by atoms with Crippen molar-refractivity contribution >= 4 is 23.2 Å². The Labute approximate surface area is 132 Å². The second kappa shape index (κ2) is 6.43. The van der Waals surface area contributed by atoms with Crippen molar-refractivity contribution in [3.8, 4) is 0 Å². The molecule has 1 aromatic carbocycles. The van der Waals surface area contributed by atoms with E-state index in [1.165, 1.54) is 6.39 Å². The van der Waals surface area contributed by atoms with Crippen molar-refractivity contribution in [2.45, 2.75) is 26.2 Å². The Hall–Kier alpha value is -2.96. The first-order chi connectivity index (χ1) is 11.2. The molecule has 0 fully saturated rings. The van der Waals surface area contributed by atoms with E-state index in [0.717, 1.165) is 11.3 Å². The number of hydrogen-bond acceptors (Lipinski definition) is 5. The lowest BCUT2D eigenvalue weighted by atomic mass is 10.0. The molecule has 2 amide bonds. The number of benzene rings is 1. The number of carbonyl (C=O) groups excluding carboxylic acids is 2. The van der Waals surface area contributed by atoms with Gasteiger partial charge in [0.1, 0.15) is 5.76 Å². The number of hydrazone groups is 1. The first-order valence-corrected chi connectivity index (χ1v) is 7.37. The van der Waals surface area contributed by atoms with E-state index in [0.29, 0.717) is 36.4 Å². The third kappa shape index (κ3) is 3.28. The fourth-order valence-corrected chi connectivity index (χ4v) is 2.33. The Morgan fingerprint density at radius 3 is 2.74 bits per heavy atom. The summed E-state index contributed by atoms with van der Waals surface area (Å²) in [7, 11) is 0. The topological polar surface area (TPSA) is 96.6 Å². The molecule has 0 saturated carbocycles. The third-order valence-corrected chi connectivity index (χ3v) is 3.56. The van der Waals surface area contributed by atoms with Crippen LogP contribution in [0.25, 0.3) is 0 Å². The Morgan fingerprint density at radius 1 is 1.30 bits per heavy atom. The quantitative estimate of drug-likeness (QED) is 0.903. The van der Waals surface area contributed by atoms with Crippen LogP contribution in [-0.4, -0.2) is 22.5 Å². The van der Waals surface area contributed by atoms with Gasteiger partial charge in [0.15, 0.2) is 12.1 Å². The van der Waals surface area contributed by atoms with Crippen LogP contribution in [0.15, 0.2) is 40.2 Å². The van der Waals surface area contributed by atoms with Crippen LogP contribution >= 0.6 is 0 Å². The van der Waals surface area contributed by atoms with Crippen molar-refractivity contribution in [3.63, 3.8) is 0 Å². The molecule has 0 saturated heterocycles. The molecular formula is C16H16N4O3.